The molecular weight excluding hydrogens is 356 g/mol. The van der Waals surface area contributed by atoms with Crippen LogP contribution in [0, 0.1) is 5.92 Å². The molecule has 3 nitrogen and oxygen atoms in total. The number of benzene rings is 3. The van der Waals surface area contributed by atoms with Gasteiger partial charge in [0.25, 0.3) is 0 Å². The highest BCUT2D eigenvalue weighted by Gasteiger charge is 2.39. The van der Waals surface area contributed by atoms with Crippen LogP contribution in [0.1, 0.15) is 17.9 Å². The van der Waals surface area contributed by atoms with Crippen molar-refractivity contribution < 1.29 is 4.74 Å². The molecule has 3 aromatic carbocycles. The Kier molecular flexibility index (Phi) is 5.23. The summed E-state index contributed by atoms with van der Waals surface area (Å²) in [6, 6.07) is 29.5. The Morgan fingerprint density at radius 2 is 1.38 bits per heavy atom. The minimum absolute atomic E-state index is 0.772. The first-order valence-electron chi connectivity index (χ1n) is 10.7. The summed E-state index contributed by atoms with van der Waals surface area (Å²) in [4.78, 5) is 5.11. The Hall–Kier alpha value is -2.78. The molecule has 0 amide bonds. The lowest BCUT2D eigenvalue weighted by atomic mass is 10.1. The standard InChI is InChI=1S/C26H28N2O/c1-3-9-21(10-4-1)24-19-22(24)20-27-15-17-28(18-16-27)25-13-7-8-14-26(25)29-23-11-5-2-6-12-23/h1-14,22,24H,15-20H2/t22-,24-/m0/s1. The highest BCUT2D eigenvalue weighted by molar-refractivity contribution is 5.59. The molecule has 1 saturated carbocycles. The maximum atomic E-state index is 6.17. The Morgan fingerprint density at radius 3 is 2.14 bits per heavy atom. The zero-order chi connectivity index (χ0) is 19.5. The maximum absolute atomic E-state index is 6.17. The molecule has 1 saturated heterocycles. The predicted octanol–water partition coefficient (Wildman–Crippen LogP) is 5.40. The van der Waals surface area contributed by atoms with E-state index < -0.39 is 0 Å². The van der Waals surface area contributed by atoms with Crippen molar-refractivity contribution in [2.75, 3.05) is 37.6 Å². The van der Waals surface area contributed by atoms with E-state index in [0.29, 0.717) is 0 Å². The number of nitrogens with zero attached hydrogens (tertiary/aromatic N) is 2. The van der Waals surface area contributed by atoms with Crippen LogP contribution in [0.3, 0.4) is 0 Å². The first-order chi connectivity index (χ1) is 14.4. The summed E-state index contributed by atoms with van der Waals surface area (Å²) in [5, 5.41) is 0. The zero-order valence-corrected chi connectivity index (χ0v) is 16.8. The molecule has 2 fully saturated rings. The topological polar surface area (TPSA) is 15.7 Å². The molecule has 29 heavy (non-hydrogen) atoms. The van der Waals surface area contributed by atoms with Gasteiger partial charge in [0, 0.05) is 32.7 Å². The van der Waals surface area contributed by atoms with E-state index in [1.165, 1.54) is 24.2 Å². The number of hydrogen-bond acceptors (Lipinski definition) is 3. The smallest absolute Gasteiger partial charge is 0.150 e. The molecule has 0 unspecified atom stereocenters. The second kappa shape index (κ2) is 8.30. The third-order valence-corrected chi connectivity index (χ3v) is 6.19. The lowest BCUT2D eigenvalue weighted by molar-refractivity contribution is 0.246. The highest BCUT2D eigenvalue weighted by atomic mass is 16.5. The van der Waals surface area contributed by atoms with E-state index in [4.69, 9.17) is 4.74 Å². The van der Waals surface area contributed by atoms with Crippen molar-refractivity contribution in [3.63, 3.8) is 0 Å². The van der Waals surface area contributed by atoms with Crippen LogP contribution in [0.5, 0.6) is 11.5 Å². The van der Waals surface area contributed by atoms with Crippen LogP contribution < -0.4 is 9.64 Å². The summed E-state index contributed by atoms with van der Waals surface area (Å²) in [5.74, 6) is 3.43. The van der Waals surface area contributed by atoms with Crippen LogP contribution in [0.25, 0.3) is 0 Å². The Labute approximate surface area is 173 Å². The summed E-state index contributed by atoms with van der Waals surface area (Å²) in [5.41, 5.74) is 2.72. The van der Waals surface area contributed by atoms with Gasteiger partial charge in [-0.3, -0.25) is 4.90 Å². The van der Waals surface area contributed by atoms with Crippen molar-refractivity contribution in [2.24, 2.45) is 5.92 Å². The molecule has 0 radical (unpaired) electrons. The van der Waals surface area contributed by atoms with Crippen LogP contribution in [0.2, 0.25) is 0 Å². The fourth-order valence-corrected chi connectivity index (χ4v) is 4.48. The van der Waals surface area contributed by atoms with Gasteiger partial charge in [-0.15, -0.1) is 0 Å². The SMILES string of the molecule is c1ccc(Oc2ccccc2N2CCN(C[C@@H]3C[C@H]3c3ccccc3)CC2)cc1. The number of para-hydroxylation sites is 3. The Morgan fingerprint density at radius 1 is 0.724 bits per heavy atom. The van der Waals surface area contributed by atoms with E-state index in [2.05, 4.69) is 64.4 Å². The summed E-state index contributed by atoms with van der Waals surface area (Å²) in [7, 11) is 0. The van der Waals surface area contributed by atoms with Gasteiger partial charge in [-0.2, -0.15) is 0 Å². The predicted molar refractivity (Wildman–Crippen MR) is 119 cm³/mol. The molecule has 3 aromatic rings. The first-order valence-corrected chi connectivity index (χ1v) is 10.7. The molecule has 3 heteroatoms. The molecule has 2 atom stereocenters. The summed E-state index contributed by atoms with van der Waals surface area (Å²) < 4.78 is 6.17. The third-order valence-electron chi connectivity index (χ3n) is 6.19. The van der Waals surface area contributed by atoms with Crippen molar-refractivity contribution in [1.82, 2.24) is 4.90 Å². The summed E-state index contributed by atoms with van der Waals surface area (Å²) in [6.07, 6.45) is 1.35. The lowest BCUT2D eigenvalue weighted by Gasteiger charge is -2.36. The number of ether oxygens (including phenoxy) is 1. The second-order valence-electron chi connectivity index (χ2n) is 8.18. The minimum atomic E-state index is 0.772. The van der Waals surface area contributed by atoms with Gasteiger partial charge in [0.2, 0.25) is 0 Å². The number of anilines is 1. The van der Waals surface area contributed by atoms with Gasteiger partial charge in [0.05, 0.1) is 5.69 Å². The average Bonchev–Trinajstić information content (AvgIpc) is 3.55. The van der Waals surface area contributed by atoms with Crippen LogP contribution in [0.4, 0.5) is 5.69 Å². The third kappa shape index (κ3) is 4.30. The number of piperazine rings is 1. The van der Waals surface area contributed by atoms with E-state index in [-0.39, 0.29) is 0 Å². The monoisotopic (exact) mass is 384 g/mol. The maximum Gasteiger partial charge on any atom is 0.150 e. The van der Waals surface area contributed by atoms with Crippen molar-refractivity contribution in [1.29, 1.82) is 0 Å². The summed E-state index contributed by atoms with van der Waals surface area (Å²) >= 11 is 0. The van der Waals surface area contributed by atoms with E-state index >= 15 is 0 Å². The lowest BCUT2D eigenvalue weighted by Crippen LogP contribution is -2.47. The van der Waals surface area contributed by atoms with Crippen molar-refractivity contribution in [2.45, 2.75) is 12.3 Å². The molecule has 1 aliphatic carbocycles. The minimum Gasteiger partial charge on any atom is -0.455 e. The van der Waals surface area contributed by atoms with Gasteiger partial charge in [0.15, 0.2) is 5.75 Å². The van der Waals surface area contributed by atoms with Gasteiger partial charge in [-0.1, -0.05) is 60.7 Å². The molecular formula is C26H28N2O. The first kappa shape index (κ1) is 18.3. The molecule has 2 aliphatic rings. The van der Waals surface area contributed by atoms with Gasteiger partial charge in [-0.25, -0.2) is 0 Å². The number of rotatable bonds is 6. The average molecular weight is 385 g/mol. The van der Waals surface area contributed by atoms with Gasteiger partial charge < -0.3 is 9.64 Å². The van der Waals surface area contributed by atoms with E-state index in [1.54, 1.807) is 0 Å². The normalized spacial score (nSPS) is 21.7. The molecule has 0 aromatic heterocycles. The molecule has 1 aliphatic heterocycles. The van der Waals surface area contributed by atoms with Crippen molar-refractivity contribution >= 4 is 5.69 Å². The Bertz CT molecular complexity index is 920. The van der Waals surface area contributed by atoms with Crippen LogP contribution in [-0.2, 0) is 0 Å². The number of hydrogen-bond donors (Lipinski definition) is 0. The van der Waals surface area contributed by atoms with Crippen LogP contribution >= 0.6 is 0 Å². The van der Waals surface area contributed by atoms with Gasteiger partial charge in [0.1, 0.15) is 5.75 Å². The quantitative estimate of drug-likeness (QED) is 0.565. The van der Waals surface area contributed by atoms with E-state index in [1.807, 2.05) is 30.3 Å². The van der Waals surface area contributed by atoms with Crippen LogP contribution in [-0.4, -0.2) is 37.6 Å². The highest BCUT2D eigenvalue weighted by Crippen LogP contribution is 2.47. The largest absolute Gasteiger partial charge is 0.455 e. The molecule has 1 heterocycles. The second-order valence-corrected chi connectivity index (χ2v) is 8.18. The van der Waals surface area contributed by atoms with Crippen molar-refractivity contribution in [3.8, 4) is 11.5 Å². The Balaban J connectivity index is 1.18. The fraction of sp³-hybridized carbons (Fsp3) is 0.308. The zero-order valence-electron chi connectivity index (χ0n) is 16.8. The van der Waals surface area contributed by atoms with Gasteiger partial charge in [-0.05, 0) is 48.1 Å². The molecule has 0 bridgehead atoms. The molecule has 0 spiro atoms. The van der Waals surface area contributed by atoms with Gasteiger partial charge >= 0.3 is 0 Å². The summed E-state index contributed by atoms with van der Waals surface area (Å²) in [6.45, 7) is 5.58. The van der Waals surface area contributed by atoms with E-state index in [0.717, 1.165) is 49.5 Å². The van der Waals surface area contributed by atoms with Crippen molar-refractivity contribution in [3.05, 3.63) is 90.5 Å². The van der Waals surface area contributed by atoms with Crippen LogP contribution in [0.15, 0.2) is 84.9 Å². The fourth-order valence-electron chi connectivity index (χ4n) is 4.48. The molecule has 148 valence electrons. The molecule has 0 N–H and O–H groups in total. The molecule has 5 rings (SSSR count). The van der Waals surface area contributed by atoms with E-state index in [9.17, 15) is 0 Å².